The SMILES string of the molecule is O=C(Cn1c(-c2ccccc2)cnc(CC(Cc2ccc(O)cc2)C(=O)O)c1=O)NCc1cc2cnccc2[nH]1. The number of nitrogens with zero attached hydrogens (tertiary/aromatic N) is 3. The second-order valence-electron chi connectivity index (χ2n) is 9.49. The summed E-state index contributed by atoms with van der Waals surface area (Å²) in [5, 5.41) is 23.2. The average molecular weight is 538 g/mol. The van der Waals surface area contributed by atoms with Crippen LogP contribution in [0.4, 0.5) is 0 Å². The molecule has 0 spiro atoms. The van der Waals surface area contributed by atoms with E-state index in [1.54, 1.807) is 24.5 Å². The van der Waals surface area contributed by atoms with Gasteiger partial charge in [0.25, 0.3) is 5.56 Å². The predicted molar refractivity (Wildman–Crippen MR) is 149 cm³/mol. The van der Waals surface area contributed by atoms with Crippen molar-refractivity contribution in [3.05, 3.63) is 113 Å². The van der Waals surface area contributed by atoms with E-state index in [2.05, 4.69) is 20.3 Å². The first-order chi connectivity index (χ1) is 19.4. The summed E-state index contributed by atoms with van der Waals surface area (Å²) >= 11 is 0. The van der Waals surface area contributed by atoms with Crippen molar-refractivity contribution in [3.8, 4) is 17.0 Å². The van der Waals surface area contributed by atoms with Gasteiger partial charge in [-0.15, -0.1) is 0 Å². The van der Waals surface area contributed by atoms with Crippen molar-refractivity contribution >= 4 is 22.8 Å². The van der Waals surface area contributed by atoms with Gasteiger partial charge in [-0.05, 0) is 41.8 Å². The molecule has 5 rings (SSSR count). The van der Waals surface area contributed by atoms with Crippen molar-refractivity contribution in [1.82, 2.24) is 24.8 Å². The number of amides is 1. The number of H-pyrrole nitrogens is 1. The predicted octanol–water partition coefficient (Wildman–Crippen LogP) is 3.29. The molecule has 4 N–H and O–H groups in total. The lowest BCUT2D eigenvalue weighted by Crippen LogP contribution is -2.35. The molecule has 0 fully saturated rings. The molecule has 0 saturated carbocycles. The van der Waals surface area contributed by atoms with Crippen LogP contribution in [0.25, 0.3) is 22.2 Å². The Morgan fingerprint density at radius 2 is 1.77 bits per heavy atom. The second kappa shape index (κ2) is 11.6. The fraction of sp³-hybridized carbons (Fsp3) is 0.167. The summed E-state index contributed by atoms with van der Waals surface area (Å²) in [4.78, 5) is 50.4. The molecule has 0 saturated heterocycles. The molecule has 1 unspecified atom stereocenters. The summed E-state index contributed by atoms with van der Waals surface area (Å²) in [7, 11) is 0. The van der Waals surface area contributed by atoms with Gasteiger partial charge in [0.15, 0.2) is 0 Å². The van der Waals surface area contributed by atoms with Crippen LogP contribution in [-0.4, -0.2) is 41.6 Å². The fourth-order valence-electron chi connectivity index (χ4n) is 4.58. The number of phenolic OH excluding ortho intramolecular Hbond substituents is 1. The number of carbonyl (C=O) groups is 2. The average Bonchev–Trinajstić information content (AvgIpc) is 3.38. The van der Waals surface area contributed by atoms with Crippen molar-refractivity contribution < 1.29 is 19.8 Å². The zero-order valence-electron chi connectivity index (χ0n) is 21.4. The van der Waals surface area contributed by atoms with Crippen LogP contribution in [0.1, 0.15) is 17.0 Å². The molecule has 2 aromatic carbocycles. The highest BCUT2D eigenvalue weighted by Crippen LogP contribution is 2.20. The minimum absolute atomic E-state index is 0.0572. The normalized spacial score (nSPS) is 11.8. The van der Waals surface area contributed by atoms with E-state index in [0.717, 1.165) is 16.6 Å². The van der Waals surface area contributed by atoms with Crippen LogP contribution in [0, 0.1) is 5.92 Å². The molecule has 202 valence electrons. The van der Waals surface area contributed by atoms with Gasteiger partial charge in [0.1, 0.15) is 18.0 Å². The standard InChI is InChI=1S/C30H27N5O5/c36-24-8-6-19(7-9-24)12-21(30(39)40)14-26-29(38)35(27(17-32-26)20-4-2-1-3-5-20)18-28(37)33-16-23-13-22-15-31-11-10-25(22)34-23/h1-11,13,15,17,21,34,36H,12,14,16,18H2,(H,33,37)(H,39,40). The number of rotatable bonds is 10. The molecular formula is C30H27N5O5. The lowest BCUT2D eigenvalue weighted by Gasteiger charge is -2.16. The number of aliphatic carboxylic acids is 1. The summed E-state index contributed by atoms with van der Waals surface area (Å²) in [6.07, 6.45) is 4.95. The molecule has 0 radical (unpaired) electrons. The Morgan fingerprint density at radius 3 is 2.50 bits per heavy atom. The van der Waals surface area contributed by atoms with E-state index in [-0.39, 0.29) is 43.3 Å². The molecule has 1 amide bonds. The number of aromatic amines is 1. The summed E-state index contributed by atoms with van der Waals surface area (Å²) in [5.41, 5.74) is 3.09. The van der Waals surface area contributed by atoms with Crippen LogP contribution in [0.5, 0.6) is 5.75 Å². The van der Waals surface area contributed by atoms with Gasteiger partial charge in [0.2, 0.25) is 5.91 Å². The molecular weight excluding hydrogens is 510 g/mol. The molecule has 1 atom stereocenters. The van der Waals surface area contributed by atoms with Crippen molar-refractivity contribution in [2.45, 2.75) is 25.9 Å². The molecule has 0 aliphatic heterocycles. The number of carboxylic acid groups (broad SMARTS) is 1. The van der Waals surface area contributed by atoms with Crippen LogP contribution in [-0.2, 0) is 35.5 Å². The number of fused-ring (bicyclic) bond motifs is 1. The number of hydrogen-bond acceptors (Lipinski definition) is 6. The molecule has 40 heavy (non-hydrogen) atoms. The summed E-state index contributed by atoms with van der Waals surface area (Å²) in [5.74, 6) is -2.30. The molecule has 3 heterocycles. The topological polar surface area (TPSA) is 150 Å². The monoisotopic (exact) mass is 537 g/mol. The number of nitrogens with one attached hydrogen (secondary N) is 2. The van der Waals surface area contributed by atoms with Gasteiger partial charge in [0, 0.05) is 35.4 Å². The maximum atomic E-state index is 13.6. The van der Waals surface area contributed by atoms with Gasteiger partial charge in [-0.3, -0.25) is 28.9 Å². The Labute approximate surface area is 229 Å². The number of benzene rings is 2. The van der Waals surface area contributed by atoms with Crippen LogP contribution in [0.3, 0.4) is 0 Å². The molecule has 3 aromatic heterocycles. The number of aromatic nitrogens is 4. The summed E-state index contributed by atoms with van der Waals surface area (Å²) < 4.78 is 1.33. The Kier molecular flexibility index (Phi) is 7.68. The minimum atomic E-state index is -1.07. The Balaban J connectivity index is 1.39. The Bertz CT molecular complexity index is 1680. The van der Waals surface area contributed by atoms with Gasteiger partial charge < -0.3 is 20.5 Å². The zero-order chi connectivity index (χ0) is 28.1. The van der Waals surface area contributed by atoms with Crippen LogP contribution in [0.15, 0.2) is 90.1 Å². The fourth-order valence-corrected chi connectivity index (χ4v) is 4.58. The van der Waals surface area contributed by atoms with Gasteiger partial charge in [0.05, 0.1) is 24.4 Å². The lowest BCUT2D eigenvalue weighted by molar-refractivity contribution is -0.141. The van der Waals surface area contributed by atoms with E-state index in [9.17, 15) is 24.6 Å². The Morgan fingerprint density at radius 1 is 1.00 bits per heavy atom. The van der Waals surface area contributed by atoms with E-state index in [1.807, 2.05) is 42.5 Å². The second-order valence-corrected chi connectivity index (χ2v) is 9.49. The van der Waals surface area contributed by atoms with Crippen molar-refractivity contribution in [2.24, 2.45) is 5.92 Å². The van der Waals surface area contributed by atoms with Crippen molar-refractivity contribution in [3.63, 3.8) is 0 Å². The van der Waals surface area contributed by atoms with E-state index < -0.39 is 17.4 Å². The number of carbonyl (C=O) groups excluding carboxylic acids is 1. The molecule has 5 aromatic rings. The molecule has 0 aliphatic rings. The first kappa shape index (κ1) is 26.4. The van der Waals surface area contributed by atoms with Gasteiger partial charge in [-0.1, -0.05) is 42.5 Å². The van der Waals surface area contributed by atoms with Gasteiger partial charge >= 0.3 is 5.97 Å². The number of aromatic hydroxyl groups is 1. The van der Waals surface area contributed by atoms with Crippen LogP contribution >= 0.6 is 0 Å². The van der Waals surface area contributed by atoms with E-state index in [4.69, 9.17) is 0 Å². The third-order valence-electron chi connectivity index (χ3n) is 6.66. The zero-order valence-corrected chi connectivity index (χ0v) is 21.4. The van der Waals surface area contributed by atoms with Crippen LogP contribution in [0.2, 0.25) is 0 Å². The van der Waals surface area contributed by atoms with Gasteiger partial charge in [-0.2, -0.15) is 0 Å². The first-order valence-electron chi connectivity index (χ1n) is 12.7. The number of hydrogen-bond donors (Lipinski definition) is 4. The molecule has 10 heteroatoms. The molecule has 0 aliphatic carbocycles. The minimum Gasteiger partial charge on any atom is -0.508 e. The highest BCUT2D eigenvalue weighted by Gasteiger charge is 2.23. The third-order valence-corrected chi connectivity index (χ3v) is 6.66. The number of carboxylic acids is 1. The molecule has 10 nitrogen and oxygen atoms in total. The van der Waals surface area contributed by atoms with E-state index in [0.29, 0.717) is 16.8 Å². The smallest absolute Gasteiger partial charge is 0.307 e. The summed E-state index contributed by atoms with van der Waals surface area (Å²) in [6, 6.07) is 19.1. The van der Waals surface area contributed by atoms with Crippen LogP contribution < -0.4 is 10.9 Å². The van der Waals surface area contributed by atoms with Gasteiger partial charge in [-0.25, -0.2) is 0 Å². The Hall–Kier alpha value is -5.25. The van der Waals surface area contributed by atoms with E-state index in [1.165, 1.54) is 22.9 Å². The largest absolute Gasteiger partial charge is 0.508 e. The van der Waals surface area contributed by atoms with Crippen molar-refractivity contribution in [2.75, 3.05) is 0 Å². The first-order valence-corrected chi connectivity index (χ1v) is 12.7. The highest BCUT2D eigenvalue weighted by atomic mass is 16.4. The maximum absolute atomic E-state index is 13.6. The lowest BCUT2D eigenvalue weighted by atomic mass is 9.94. The third kappa shape index (κ3) is 6.07. The highest BCUT2D eigenvalue weighted by molar-refractivity contribution is 5.80. The number of pyridine rings is 1. The maximum Gasteiger partial charge on any atom is 0.307 e. The van der Waals surface area contributed by atoms with E-state index >= 15 is 0 Å². The summed E-state index contributed by atoms with van der Waals surface area (Å²) in [6.45, 7) is -0.0370. The number of phenols is 1. The quantitative estimate of drug-likeness (QED) is 0.213. The van der Waals surface area contributed by atoms with Crippen molar-refractivity contribution in [1.29, 1.82) is 0 Å². The molecule has 0 bridgehead atoms.